The highest BCUT2D eigenvalue weighted by Gasteiger charge is 2.17. The summed E-state index contributed by atoms with van der Waals surface area (Å²) in [6.45, 7) is 0. The molecule has 0 aliphatic carbocycles. The van der Waals surface area contributed by atoms with Crippen LogP contribution in [0.5, 0.6) is 0 Å². The highest BCUT2D eigenvalue weighted by atomic mass is 16.3. The molecule has 0 saturated carbocycles. The number of hydrogen-bond donors (Lipinski definition) is 0. The van der Waals surface area contributed by atoms with Gasteiger partial charge in [0.1, 0.15) is 11.2 Å². The number of anilines is 6. The fourth-order valence-corrected chi connectivity index (χ4v) is 7.80. The third-order valence-corrected chi connectivity index (χ3v) is 10.7. The number of rotatable bonds is 9. The second-order valence-corrected chi connectivity index (χ2v) is 14.2. The second-order valence-electron chi connectivity index (χ2n) is 14.2. The van der Waals surface area contributed by atoms with E-state index in [0.29, 0.717) is 0 Å². The molecule has 10 rings (SSSR count). The summed E-state index contributed by atoms with van der Waals surface area (Å²) in [6.07, 6.45) is 0. The third kappa shape index (κ3) is 6.73. The Balaban J connectivity index is 0.976. The lowest BCUT2D eigenvalue weighted by atomic mass is 10.0. The van der Waals surface area contributed by atoms with E-state index in [1.165, 1.54) is 22.3 Å². The molecule has 9 aromatic carbocycles. The van der Waals surface area contributed by atoms with Crippen LogP contribution in [-0.2, 0) is 0 Å². The van der Waals surface area contributed by atoms with Gasteiger partial charge in [0.05, 0.1) is 0 Å². The van der Waals surface area contributed by atoms with Gasteiger partial charge in [0.15, 0.2) is 0 Å². The van der Waals surface area contributed by atoms with E-state index in [1.54, 1.807) is 0 Å². The molecule has 0 bridgehead atoms. The summed E-state index contributed by atoms with van der Waals surface area (Å²) in [6, 6.07) is 81.7. The van der Waals surface area contributed by atoms with Crippen molar-refractivity contribution < 1.29 is 4.42 Å². The first-order chi connectivity index (χ1) is 28.2. The minimum absolute atomic E-state index is 0.888. The van der Waals surface area contributed by atoms with E-state index in [-0.39, 0.29) is 0 Å². The Labute approximate surface area is 333 Å². The molecule has 0 aliphatic rings. The first kappa shape index (κ1) is 33.9. The van der Waals surface area contributed by atoms with Crippen LogP contribution in [0.25, 0.3) is 55.3 Å². The molecule has 3 heteroatoms. The maximum absolute atomic E-state index is 6.16. The Kier molecular flexibility index (Phi) is 8.86. The monoisotopic (exact) mass is 730 g/mol. The van der Waals surface area contributed by atoms with Crippen LogP contribution >= 0.6 is 0 Å². The Bertz CT molecular complexity index is 2820. The van der Waals surface area contributed by atoms with Crippen molar-refractivity contribution in [1.29, 1.82) is 0 Å². The summed E-state index contributed by atoms with van der Waals surface area (Å²) in [5, 5.41) is 2.22. The minimum Gasteiger partial charge on any atom is -0.456 e. The summed E-state index contributed by atoms with van der Waals surface area (Å²) in [5.74, 6) is 0. The van der Waals surface area contributed by atoms with Gasteiger partial charge in [-0.25, -0.2) is 0 Å². The molecular formula is C54H38N2O. The summed E-state index contributed by atoms with van der Waals surface area (Å²) < 4.78 is 6.16. The molecule has 0 saturated heterocycles. The molecule has 57 heavy (non-hydrogen) atoms. The van der Waals surface area contributed by atoms with Crippen LogP contribution in [0.3, 0.4) is 0 Å². The molecule has 0 aliphatic heterocycles. The molecule has 10 aromatic rings. The van der Waals surface area contributed by atoms with Crippen molar-refractivity contribution >= 4 is 56.1 Å². The van der Waals surface area contributed by atoms with Crippen LogP contribution in [0.4, 0.5) is 34.1 Å². The molecule has 0 fully saturated rings. The van der Waals surface area contributed by atoms with Gasteiger partial charge in [-0.2, -0.15) is 0 Å². The first-order valence-corrected chi connectivity index (χ1v) is 19.3. The zero-order valence-corrected chi connectivity index (χ0v) is 31.2. The van der Waals surface area contributed by atoms with Gasteiger partial charge in [0, 0.05) is 44.9 Å². The van der Waals surface area contributed by atoms with Crippen molar-refractivity contribution in [3.8, 4) is 33.4 Å². The number of fused-ring (bicyclic) bond motifs is 3. The van der Waals surface area contributed by atoms with Gasteiger partial charge in [-0.05, 0) is 118 Å². The molecular weight excluding hydrogens is 693 g/mol. The molecule has 0 N–H and O–H groups in total. The molecule has 0 atom stereocenters. The molecule has 1 heterocycles. The van der Waals surface area contributed by atoms with Gasteiger partial charge in [-0.15, -0.1) is 0 Å². The molecule has 1 aromatic heterocycles. The zero-order valence-electron chi connectivity index (χ0n) is 31.2. The number of furan rings is 1. The Morgan fingerprint density at radius 3 is 1.00 bits per heavy atom. The van der Waals surface area contributed by atoms with Crippen LogP contribution < -0.4 is 9.80 Å². The van der Waals surface area contributed by atoms with E-state index >= 15 is 0 Å². The van der Waals surface area contributed by atoms with Crippen LogP contribution in [-0.4, -0.2) is 0 Å². The van der Waals surface area contributed by atoms with E-state index in [2.05, 4.69) is 228 Å². The maximum Gasteiger partial charge on any atom is 0.135 e. The summed E-state index contributed by atoms with van der Waals surface area (Å²) >= 11 is 0. The minimum atomic E-state index is 0.888. The molecule has 270 valence electrons. The largest absolute Gasteiger partial charge is 0.456 e. The average molecular weight is 731 g/mol. The number of hydrogen-bond acceptors (Lipinski definition) is 3. The van der Waals surface area contributed by atoms with Crippen LogP contribution in [0.2, 0.25) is 0 Å². The summed E-state index contributed by atoms with van der Waals surface area (Å²) in [7, 11) is 0. The van der Waals surface area contributed by atoms with Crippen molar-refractivity contribution in [2.45, 2.75) is 0 Å². The highest BCUT2D eigenvalue weighted by molar-refractivity contribution is 6.06. The third-order valence-electron chi connectivity index (χ3n) is 10.7. The van der Waals surface area contributed by atoms with E-state index in [1.807, 2.05) is 12.1 Å². The van der Waals surface area contributed by atoms with Crippen molar-refractivity contribution in [3.63, 3.8) is 0 Å². The zero-order chi connectivity index (χ0) is 38.0. The lowest BCUT2D eigenvalue weighted by Crippen LogP contribution is -2.10. The normalized spacial score (nSPS) is 11.2. The second kappa shape index (κ2) is 14.9. The van der Waals surface area contributed by atoms with Crippen LogP contribution in [0.15, 0.2) is 235 Å². The van der Waals surface area contributed by atoms with Crippen molar-refractivity contribution in [2.75, 3.05) is 9.80 Å². The SMILES string of the molecule is c1ccc(-c2ccc(N(c3ccc(-c4ccccc4)cc3)c3ccc(-c4ccc(N(c5ccccc5)c5ccc6oc7ccccc7c6c5)cc4)cc3)cc2)cc1. The first-order valence-electron chi connectivity index (χ1n) is 19.3. The van der Waals surface area contributed by atoms with Crippen molar-refractivity contribution in [1.82, 2.24) is 0 Å². The van der Waals surface area contributed by atoms with Crippen LogP contribution in [0, 0.1) is 0 Å². The maximum atomic E-state index is 6.16. The molecule has 3 nitrogen and oxygen atoms in total. The number of benzene rings is 9. The quantitative estimate of drug-likeness (QED) is 0.147. The van der Waals surface area contributed by atoms with E-state index < -0.39 is 0 Å². The topological polar surface area (TPSA) is 19.6 Å². The molecule has 0 spiro atoms. The molecule has 0 radical (unpaired) electrons. The Morgan fingerprint density at radius 2 is 0.544 bits per heavy atom. The predicted octanol–water partition coefficient (Wildman–Crippen LogP) is 15.5. The lowest BCUT2D eigenvalue weighted by molar-refractivity contribution is 0.669. The lowest BCUT2D eigenvalue weighted by Gasteiger charge is -2.26. The standard InChI is InChI=1S/C54H38N2O/c1-4-12-39(13-5-1)41-20-28-46(29-21-41)55(47-30-22-42(23-31-47)40-14-6-2-7-15-40)48-32-24-43(25-33-48)44-26-34-49(35-27-44)56(45-16-8-3-9-17-45)50-36-37-54-52(38-50)51-18-10-11-19-53(51)57-54/h1-38H. The highest BCUT2D eigenvalue weighted by Crippen LogP contribution is 2.41. The summed E-state index contributed by atoms with van der Waals surface area (Å²) in [4.78, 5) is 4.63. The fourth-order valence-electron chi connectivity index (χ4n) is 7.80. The number of nitrogens with zero attached hydrogens (tertiary/aromatic N) is 2. The van der Waals surface area contributed by atoms with E-state index in [4.69, 9.17) is 4.42 Å². The smallest absolute Gasteiger partial charge is 0.135 e. The van der Waals surface area contributed by atoms with Gasteiger partial charge in [-0.3, -0.25) is 0 Å². The Hall–Kier alpha value is -7.62. The Morgan fingerprint density at radius 1 is 0.228 bits per heavy atom. The molecule has 0 amide bonds. The van der Waals surface area contributed by atoms with Crippen molar-refractivity contribution in [3.05, 3.63) is 231 Å². The molecule has 0 unspecified atom stereocenters. The van der Waals surface area contributed by atoms with Gasteiger partial charge >= 0.3 is 0 Å². The van der Waals surface area contributed by atoms with Gasteiger partial charge in [0.25, 0.3) is 0 Å². The average Bonchev–Trinajstić information content (AvgIpc) is 3.67. The number of para-hydroxylation sites is 2. The van der Waals surface area contributed by atoms with E-state index in [0.717, 1.165) is 67.2 Å². The van der Waals surface area contributed by atoms with Gasteiger partial charge in [0.2, 0.25) is 0 Å². The fraction of sp³-hybridized carbons (Fsp3) is 0. The van der Waals surface area contributed by atoms with Gasteiger partial charge < -0.3 is 14.2 Å². The van der Waals surface area contributed by atoms with Crippen molar-refractivity contribution in [2.24, 2.45) is 0 Å². The van der Waals surface area contributed by atoms with Crippen LogP contribution in [0.1, 0.15) is 0 Å². The van der Waals surface area contributed by atoms with E-state index in [9.17, 15) is 0 Å². The summed E-state index contributed by atoms with van der Waals surface area (Å²) in [5.41, 5.74) is 15.4. The predicted molar refractivity (Wildman–Crippen MR) is 239 cm³/mol. The van der Waals surface area contributed by atoms with Gasteiger partial charge in [-0.1, -0.05) is 146 Å².